The summed E-state index contributed by atoms with van der Waals surface area (Å²) in [7, 11) is 0. The van der Waals surface area contributed by atoms with Crippen molar-refractivity contribution in [3.05, 3.63) is 83.6 Å². The molecule has 0 spiro atoms. The van der Waals surface area contributed by atoms with E-state index >= 15 is 0 Å². The van der Waals surface area contributed by atoms with E-state index in [1.54, 1.807) is 0 Å². The first-order chi connectivity index (χ1) is 13.8. The second kappa shape index (κ2) is 7.02. The molecule has 0 fully saturated rings. The fourth-order valence-electron chi connectivity index (χ4n) is 3.30. The quantitative estimate of drug-likeness (QED) is 0.453. The molecule has 2 aromatic carbocycles. The van der Waals surface area contributed by atoms with Crippen molar-refractivity contribution in [3.63, 3.8) is 0 Å². The van der Waals surface area contributed by atoms with Crippen LogP contribution in [-0.4, -0.2) is 26.2 Å². The maximum Gasteiger partial charge on any atom is 0.231 e. The highest BCUT2D eigenvalue weighted by Gasteiger charge is 2.10. The van der Waals surface area contributed by atoms with Crippen LogP contribution in [0.1, 0.15) is 5.56 Å². The summed E-state index contributed by atoms with van der Waals surface area (Å²) in [5.74, 6) is 0.565. The number of hydrogen-bond acceptors (Lipinski definition) is 3. The second-order valence-electron chi connectivity index (χ2n) is 6.59. The lowest BCUT2D eigenvalue weighted by Crippen LogP contribution is -2.05. The van der Waals surface area contributed by atoms with Crippen molar-refractivity contribution in [2.45, 2.75) is 6.42 Å². The Morgan fingerprint density at radius 1 is 1.04 bits per heavy atom. The van der Waals surface area contributed by atoms with Gasteiger partial charge in [-0.15, -0.1) is 5.10 Å². The third kappa shape index (κ3) is 3.21. The number of aromatic nitrogens is 4. The first-order valence-corrected chi connectivity index (χ1v) is 9.44. The molecule has 1 N–H and O–H groups in total. The summed E-state index contributed by atoms with van der Waals surface area (Å²) in [6.45, 7) is 0.525. The lowest BCUT2D eigenvalue weighted by atomic mass is 10.1. The van der Waals surface area contributed by atoms with E-state index in [1.807, 2.05) is 53.3 Å². The Hall–Kier alpha value is -3.31. The van der Waals surface area contributed by atoms with E-state index in [9.17, 15) is 0 Å². The summed E-state index contributed by atoms with van der Waals surface area (Å²) in [6, 6.07) is 19.9. The SMILES string of the molecule is Clc1cccc(CCOc2ccc3ncc(-c4ccc5cc[nH]c5c4)n3n2)c1. The van der Waals surface area contributed by atoms with E-state index < -0.39 is 0 Å². The third-order valence-electron chi connectivity index (χ3n) is 4.72. The number of aromatic amines is 1. The van der Waals surface area contributed by atoms with E-state index in [0.29, 0.717) is 12.5 Å². The highest BCUT2D eigenvalue weighted by atomic mass is 35.5. The number of benzene rings is 2. The fourth-order valence-corrected chi connectivity index (χ4v) is 3.52. The normalized spacial score (nSPS) is 11.3. The molecule has 3 aromatic heterocycles. The van der Waals surface area contributed by atoms with Crippen molar-refractivity contribution in [1.29, 1.82) is 0 Å². The first-order valence-electron chi connectivity index (χ1n) is 9.06. The number of fused-ring (bicyclic) bond motifs is 2. The van der Waals surface area contributed by atoms with E-state index in [2.05, 4.69) is 39.3 Å². The van der Waals surface area contributed by atoms with Crippen LogP contribution in [0.2, 0.25) is 5.02 Å². The average molecular weight is 389 g/mol. The highest BCUT2D eigenvalue weighted by molar-refractivity contribution is 6.30. The fraction of sp³-hybridized carbons (Fsp3) is 0.0909. The lowest BCUT2D eigenvalue weighted by Gasteiger charge is -2.07. The van der Waals surface area contributed by atoms with Gasteiger partial charge in [0.2, 0.25) is 5.88 Å². The molecule has 5 nitrogen and oxygen atoms in total. The van der Waals surface area contributed by atoms with Gasteiger partial charge in [0, 0.05) is 34.8 Å². The smallest absolute Gasteiger partial charge is 0.231 e. The number of ether oxygens (including phenoxy) is 1. The van der Waals surface area contributed by atoms with Gasteiger partial charge in [0.15, 0.2) is 5.65 Å². The Bertz CT molecular complexity index is 1270. The molecule has 0 amide bonds. The van der Waals surface area contributed by atoms with Crippen LogP contribution in [0.3, 0.4) is 0 Å². The second-order valence-corrected chi connectivity index (χ2v) is 7.03. The van der Waals surface area contributed by atoms with E-state index in [1.165, 1.54) is 5.39 Å². The summed E-state index contributed by atoms with van der Waals surface area (Å²) < 4.78 is 7.69. The third-order valence-corrected chi connectivity index (χ3v) is 4.95. The van der Waals surface area contributed by atoms with Crippen molar-refractivity contribution < 1.29 is 4.74 Å². The molecule has 0 atom stereocenters. The van der Waals surface area contributed by atoms with Crippen LogP contribution in [0.4, 0.5) is 0 Å². The zero-order valence-corrected chi connectivity index (χ0v) is 15.7. The van der Waals surface area contributed by atoms with Crippen molar-refractivity contribution >= 4 is 28.2 Å². The summed E-state index contributed by atoms with van der Waals surface area (Å²) in [5.41, 5.74) is 4.97. The topological polar surface area (TPSA) is 55.2 Å². The van der Waals surface area contributed by atoms with Gasteiger partial charge in [-0.05, 0) is 41.3 Å². The van der Waals surface area contributed by atoms with Crippen LogP contribution in [0.15, 0.2) is 73.1 Å². The van der Waals surface area contributed by atoms with Crippen LogP contribution < -0.4 is 4.74 Å². The monoisotopic (exact) mass is 388 g/mol. The van der Waals surface area contributed by atoms with Gasteiger partial charge in [-0.1, -0.05) is 35.9 Å². The van der Waals surface area contributed by atoms with Crippen molar-refractivity contribution in [3.8, 4) is 17.1 Å². The zero-order chi connectivity index (χ0) is 18.9. The Kier molecular flexibility index (Phi) is 4.22. The number of hydrogen-bond donors (Lipinski definition) is 1. The minimum Gasteiger partial charge on any atom is -0.476 e. The highest BCUT2D eigenvalue weighted by Crippen LogP contribution is 2.25. The molecule has 28 heavy (non-hydrogen) atoms. The lowest BCUT2D eigenvalue weighted by molar-refractivity contribution is 0.305. The first kappa shape index (κ1) is 16.8. The number of rotatable bonds is 5. The Labute approximate surface area is 166 Å². The number of halogens is 1. The van der Waals surface area contributed by atoms with E-state index in [-0.39, 0.29) is 0 Å². The van der Waals surface area contributed by atoms with Crippen LogP contribution in [0, 0.1) is 0 Å². The molecule has 5 rings (SSSR count). The van der Waals surface area contributed by atoms with Crippen LogP contribution in [0.25, 0.3) is 27.8 Å². The predicted octanol–water partition coefficient (Wildman–Crippen LogP) is 5.15. The number of nitrogens with one attached hydrogen (secondary N) is 1. The summed E-state index contributed by atoms with van der Waals surface area (Å²) in [6.07, 6.45) is 4.54. The Morgan fingerprint density at radius 2 is 2.00 bits per heavy atom. The van der Waals surface area contributed by atoms with Crippen molar-refractivity contribution in [1.82, 2.24) is 19.6 Å². The summed E-state index contributed by atoms with van der Waals surface area (Å²) in [4.78, 5) is 7.71. The average Bonchev–Trinajstić information content (AvgIpc) is 3.34. The maximum atomic E-state index is 6.03. The minimum absolute atomic E-state index is 0.525. The molecule has 5 aromatic rings. The standard InChI is InChI=1S/C22H17ClN4O/c23-18-3-1-2-15(12-18)9-11-28-22-7-6-21-25-14-20(27(21)26-22)17-5-4-16-8-10-24-19(16)13-17/h1-8,10,12-14,24H,9,11H2. The van der Waals surface area contributed by atoms with Gasteiger partial charge < -0.3 is 9.72 Å². The molecule has 0 aliphatic heterocycles. The number of nitrogens with zero attached hydrogens (tertiary/aromatic N) is 3. The van der Waals surface area contributed by atoms with Crippen LogP contribution in [-0.2, 0) is 6.42 Å². The van der Waals surface area contributed by atoms with E-state index in [0.717, 1.165) is 39.4 Å². The van der Waals surface area contributed by atoms with Gasteiger partial charge in [-0.3, -0.25) is 0 Å². The van der Waals surface area contributed by atoms with Crippen molar-refractivity contribution in [2.75, 3.05) is 6.61 Å². The van der Waals surface area contributed by atoms with Crippen LogP contribution >= 0.6 is 11.6 Å². The largest absolute Gasteiger partial charge is 0.476 e. The molecular weight excluding hydrogens is 372 g/mol. The maximum absolute atomic E-state index is 6.03. The van der Waals surface area contributed by atoms with Gasteiger partial charge in [-0.2, -0.15) is 0 Å². The molecule has 3 heterocycles. The van der Waals surface area contributed by atoms with Gasteiger partial charge in [-0.25, -0.2) is 9.50 Å². The van der Waals surface area contributed by atoms with Gasteiger partial charge in [0.25, 0.3) is 0 Å². The molecular formula is C22H17ClN4O. The molecule has 0 aliphatic rings. The molecule has 6 heteroatoms. The van der Waals surface area contributed by atoms with Crippen molar-refractivity contribution in [2.24, 2.45) is 0 Å². The van der Waals surface area contributed by atoms with E-state index in [4.69, 9.17) is 16.3 Å². The Morgan fingerprint density at radius 3 is 2.93 bits per heavy atom. The Balaban J connectivity index is 1.40. The molecule has 0 saturated carbocycles. The zero-order valence-electron chi connectivity index (χ0n) is 15.0. The summed E-state index contributed by atoms with van der Waals surface area (Å²) in [5, 5.41) is 6.54. The molecule has 0 bridgehead atoms. The molecule has 0 saturated heterocycles. The molecule has 0 aliphatic carbocycles. The summed E-state index contributed by atoms with van der Waals surface area (Å²) >= 11 is 6.03. The van der Waals surface area contributed by atoms with Crippen LogP contribution in [0.5, 0.6) is 5.88 Å². The molecule has 0 unspecified atom stereocenters. The van der Waals surface area contributed by atoms with Gasteiger partial charge in [0.05, 0.1) is 18.5 Å². The predicted molar refractivity (Wildman–Crippen MR) is 111 cm³/mol. The number of imidazole rings is 1. The minimum atomic E-state index is 0.525. The molecule has 0 radical (unpaired) electrons. The number of H-pyrrole nitrogens is 1. The molecule has 138 valence electrons. The van der Waals surface area contributed by atoms with Gasteiger partial charge >= 0.3 is 0 Å². The van der Waals surface area contributed by atoms with Gasteiger partial charge in [0.1, 0.15) is 0 Å².